The molecule has 1 unspecified atom stereocenters. The van der Waals surface area contributed by atoms with E-state index < -0.39 is 0 Å². The van der Waals surface area contributed by atoms with Crippen molar-refractivity contribution in [3.8, 4) is 0 Å². The number of hydrogen-bond acceptors (Lipinski definition) is 3. The molecule has 0 spiro atoms. The van der Waals surface area contributed by atoms with Crippen molar-refractivity contribution in [3.05, 3.63) is 30.3 Å². The van der Waals surface area contributed by atoms with Crippen LogP contribution < -0.4 is 5.06 Å². The summed E-state index contributed by atoms with van der Waals surface area (Å²) >= 11 is 0. The second-order valence-electron chi connectivity index (χ2n) is 3.67. The van der Waals surface area contributed by atoms with Crippen LogP contribution in [0.15, 0.2) is 30.3 Å². The van der Waals surface area contributed by atoms with Crippen molar-refractivity contribution in [1.82, 2.24) is 0 Å². The molecule has 1 rings (SSSR count). The molecule has 3 heteroatoms. The summed E-state index contributed by atoms with van der Waals surface area (Å²) < 4.78 is 0. The van der Waals surface area contributed by atoms with E-state index >= 15 is 0 Å². The first kappa shape index (κ1) is 11.0. The maximum atomic E-state index is 9.82. The summed E-state index contributed by atoms with van der Waals surface area (Å²) in [6, 6.07) is 8.97. The highest BCUT2D eigenvalue weighted by Crippen LogP contribution is 2.17. The standard InChI is InChI=1S/C11H17NO2/c1-9(2)11(8-13)12(14)10-6-4-3-5-7-10/h3-7,9,11,13-14H,8H2,1-2H3. The van der Waals surface area contributed by atoms with Gasteiger partial charge in [-0.15, -0.1) is 0 Å². The van der Waals surface area contributed by atoms with Gasteiger partial charge in [0.2, 0.25) is 0 Å². The van der Waals surface area contributed by atoms with Crippen LogP contribution in [0.3, 0.4) is 0 Å². The lowest BCUT2D eigenvalue weighted by Crippen LogP contribution is -2.39. The molecule has 0 saturated carbocycles. The van der Waals surface area contributed by atoms with Gasteiger partial charge in [-0.05, 0) is 18.1 Å². The fourth-order valence-electron chi connectivity index (χ4n) is 1.34. The molecule has 1 atom stereocenters. The number of rotatable bonds is 4. The minimum atomic E-state index is -0.252. The largest absolute Gasteiger partial charge is 0.394 e. The molecule has 0 aromatic heterocycles. The lowest BCUT2D eigenvalue weighted by Gasteiger charge is -2.29. The fourth-order valence-corrected chi connectivity index (χ4v) is 1.34. The van der Waals surface area contributed by atoms with Crippen LogP contribution in [0.25, 0.3) is 0 Å². The van der Waals surface area contributed by atoms with E-state index in [9.17, 15) is 5.21 Å². The van der Waals surface area contributed by atoms with Crippen LogP contribution in [0.1, 0.15) is 13.8 Å². The highest BCUT2D eigenvalue weighted by Gasteiger charge is 2.19. The number of anilines is 1. The zero-order chi connectivity index (χ0) is 10.6. The molecule has 0 aliphatic rings. The van der Waals surface area contributed by atoms with Crippen molar-refractivity contribution in [2.24, 2.45) is 5.92 Å². The fraction of sp³-hybridized carbons (Fsp3) is 0.455. The predicted octanol–water partition coefficient (Wildman–Crippen LogP) is 1.90. The SMILES string of the molecule is CC(C)C(CO)N(O)c1ccccc1. The summed E-state index contributed by atoms with van der Waals surface area (Å²) in [6.07, 6.45) is 0. The minimum Gasteiger partial charge on any atom is -0.394 e. The second kappa shape index (κ2) is 4.98. The van der Waals surface area contributed by atoms with Crippen molar-refractivity contribution >= 4 is 5.69 Å². The Balaban J connectivity index is 2.78. The number of hydroxylamine groups is 1. The Labute approximate surface area is 84.6 Å². The molecule has 0 fully saturated rings. The molecule has 78 valence electrons. The maximum Gasteiger partial charge on any atom is 0.0816 e. The number of aliphatic hydroxyl groups excluding tert-OH is 1. The third-order valence-corrected chi connectivity index (χ3v) is 2.29. The maximum absolute atomic E-state index is 9.82. The van der Waals surface area contributed by atoms with E-state index in [1.165, 1.54) is 0 Å². The Morgan fingerprint density at radius 2 is 1.79 bits per heavy atom. The van der Waals surface area contributed by atoms with Crippen LogP contribution >= 0.6 is 0 Å². The Morgan fingerprint density at radius 1 is 1.21 bits per heavy atom. The molecule has 0 radical (unpaired) electrons. The molecule has 0 aliphatic heterocycles. The van der Waals surface area contributed by atoms with Gasteiger partial charge >= 0.3 is 0 Å². The van der Waals surface area contributed by atoms with Gasteiger partial charge in [0, 0.05) is 0 Å². The van der Waals surface area contributed by atoms with Gasteiger partial charge in [-0.2, -0.15) is 0 Å². The summed E-state index contributed by atoms with van der Waals surface area (Å²) in [5, 5.41) is 20.1. The van der Waals surface area contributed by atoms with E-state index in [1.54, 1.807) is 0 Å². The van der Waals surface area contributed by atoms with Crippen LogP contribution in [-0.4, -0.2) is 23.0 Å². The third kappa shape index (κ3) is 2.47. The predicted molar refractivity (Wildman–Crippen MR) is 56.4 cm³/mol. The molecule has 0 aliphatic carbocycles. The van der Waals surface area contributed by atoms with Gasteiger partial charge < -0.3 is 5.11 Å². The summed E-state index contributed by atoms with van der Waals surface area (Å²) in [7, 11) is 0. The highest BCUT2D eigenvalue weighted by atomic mass is 16.5. The Kier molecular flexibility index (Phi) is 3.92. The van der Waals surface area contributed by atoms with Gasteiger partial charge in [0.25, 0.3) is 0 Å². The topological polar surface area (TPSA) is 43.7 Å². The number of benzene rings is 1. The van der Waals surface area contributed by atoms with E-state index in [-0.39, 0.29) is 18.6 Å². The molecular formula is C11H17NO2. The number of para-hydroxylation sites is 1. The quantitative estimate of drug-likeness (QED) is 0.721. The first-order valence-corrected chi connectivity index (χ1v) is 4.80. The van der Waals surface area contributed by atoms with E-state index in [1.807, 2.05) is 44.2 Å². The highest BCUT2D eigenvalue weighted by molar-refractivity contribution is 5.43. The van der Waals surface area contributed by atoms with Crippen LogP contribution in [0.5, 0.6) is 0 Å². The molecule has 0 bridgehead atoms. The first-order chi connectivity index (χ1) is 6.66. The van der Waals surface area contributed by atoms with Crippen molar-refractivity contribution < 1.29 is 10.3 Å². The van der Waals surface area contributed by atoms with Crippen LogP contribution in [0.4, 0.5) is 5.69 Å². The lowest BCUT2D eigenvalue weighted by molar-refractivity contribution is 0.135. The molecule has 1 aromatic carbocycles. The average Bonchev–Trinajstić information content (AvgIpc) is 2.19. The van der Waals surface area contributed by atoms with E-state index in [2.05, 4.69) is 0 Å². The minimum absolute atomic E-state index is 0.0525. The van der Waals surface area contributed by atoms with Crippen LogP contribution in [-0.2, 0) is 0 Å². The second-order valence-corrected chi connectivity index (χ2v) is 3.67. The zero-order valence-electron chi connectivity index (χ0n) is 8.59. The molecule has 0 amide bonds. The smallest absolute Gasteiger partial charge is 0.0816 e. The van der Waals surface area contributed by atoms with E-state index in [0.717, 1.165) is 5.06 Å². The van der Waals surface area contributed by atoms with Gasteiger partial charge in [-0.1, -0.05) is 32.0 Å². The molecular weight excluding hydrogens is 178 g/mol. The zero-order valence-corrected chi connectivity index (χ0v) is 8.59. The van der Waals surface area contributed by atoms with E-state index in [4.69, 9.17) is 5.11 Å². The van der Waals surface area contributed by atoms with Gasteiger partial charge in [0.1, 0.15) is 0 Å². The van der Waals surface area contributed by atoms with Crippen molar-refractivity contribution in [1.29, 1.82) is 0 Å². The molecule has 3 nitrogen and oxygen atoms in total. The molecule has 1 aromatic rings. The average molecular weight is 195 g/mol. The normalized spacial score (nSPS) is 12.9. The molecule has 0 saturated heterocycles. The van der Waals surface area contributed by atoms with Crippen LogP contribution in [0, 0.1) is 5.92 Å². The number of hydrogen-bond donors (Lipinski definition) is 2. The molecule has 14 heavy (non-hydrogen) atoms. The van der Waals surface area contributed by atoms with Gasteiger partial charge in [-0.25, -0.2) is 0 Å². The third-order valence-electron chi connectivity index (χ3n) is 2.29. The summed E-state index contributed by atoms with van der Waals surface area (Å²) in [6.45, 7) is 3.88. The van der Waals surface area contributed by atoms with Gasteiger partial charge in [-0.3, -0.25) is 10.3 Å². The Bertz CT molecular complexity index is 261. The van der Waals surface area contributed by atoms with Gasteiger partial charge in [0.05, 0.1) is 18.3 Å². The number of aliphatic hydroxyl groups is 1. The monoisotopic (exact) mass is 195 g/mol. The summed E-state index contributed by atoms with van der Waals surface area (Å²) in [5.74, 6) is 0.199. The van der Waals surface area contributed by atoms with E-state index in [0.29, 0.717) is 5.69 Å². The first-order valence-electron chi connectivity index (χ1n) is 4.80. The summed E-state index contributed by atoms with van der Waals surface area (Å²) in [5.41, 5.74) is 0.709. The summed E-state index contributed by atoms with van der Waals surface area (Å²) in [4.78, 5) is 0. The van der Waals surface area contributed by atoms with Crippen molar-refractivity contribution in [3.63, 3.8) is 0 Å². The molecule has 0 heterocycles. The lowest BCUT2D eigenvalue weighted by atomic mass is 10.0. The van der Waals surface area contributed by atoms with Gasteiger partial charge in [0.15, 0.2) is 0 Å². The van der Waals surface area contributed by atoms with Crippen molar-refractivity contribution in [2.45, 2.75) is 19.9 Å². The Hall–Kier alpha value is -1.06. The van der Waals surface area contributed by atoms with Crippen LogP contribution in [0.2, 0.25) is 0 Å². The number of nitrogens with zero attached hydrogens (tertiary/aromatic N) is 1. The van der Waals surface area contributed by atoms with Crippen molar-refractivity contribution in [2.75, 3.05) is 11.7 Å². The molecule has 2 N–H and O–H groups in total. The Morgan fingerprint density at radius 3 is 2.21 bits per heavy atom.